The predicted molar refractivity (Wildman–Crippen MR) is 80.9 cm³/mol. The van der Waals surface area contributed by atoms with E-state index < -0.39 is 0 Å². The van der Waals surface area contributed by atoms with Gasteiger partial charge in [0.05, 0.1) is 11.7 Å². The van der Waals surface area contributed by atoms with Crippen LogP contribution in [0.5, 0.6) is 0 Å². The summed E-state index contributed by atoms with van der Waals surface area (Å²) in [6, 6.07) is 12.2. The average Bonchev–Trinajstić information content (AvgIpc) is 2.47. The van der Waals surface area contributed by atoms with Gasteiger partial charge in [-0.3, -0.25) is 14.6 Å². The van der Waals surface area contributed by atoms with Crippen LogP contribution in [0.15, 0.2) is 48.7 Å². The molecule has 0 saturated carbocycles. The Kier molecular flexibility index (Phi) is 4.66. The summed E-state index contributed by atoms with van der Waals surface area (Å²) in [6.07, 6.45) is 1.69. The van der Waals surface area contributed by atoms with E-state index in [0.717, 1.165) is 5.69 Å². The molecule has 0 radical (unpaired) electrons. The van der Waals surface area contributed by atoms with E-state index in [0.29, 0.717) is 11.3 Å². The molecule has 2 amide bonds. The summed E-state index contributed by atoms with van der Waals surface area (Å²) in [5.74, 6) is -0.380. The molecule has 0 aliphatic rings. The summed E-state index contributed by atoms with van der Waals surface area (Å²) in [6.45, 7) is 3.30. The van der Waals surface area contributed by atoms with Gasteiger partial charge in [0.2, 0.25) is 5.91 Å². The van der Waals surface area contributed by atoms with E-state index in [2.05, 4.69) is 15.6 Å². The molecule has 5 heteroatoms. The normalized spacial score (nSPS) is 11.5. The molecule has 2 N–H and O–H groups in total. The molecule has 1 heterocycles. The smallest absolute Gasteiger partial charge is 0.251 e. The third-order valence-electron chi connectivity index (χ3n) is 2.92. The number of nitrogens with one attached hydrogen (secondary N) is 2. The molecule has 0 spiro atoms. The number of hydrogen-bond donors (Lipinski definition) is 2. The number of carbonyl (C=O) groups is 2. The fourth-order valence-corrected chi connectivity index (χ4v) is 1.93. The van der Waals surface area contributed by atoms with Gasteiger partial charge in [-0.2, -0.15) is 0 Å². The monoisotopic (exact) mass is 283 g/mol. The van der Waals surface area contributed by atoms with Crippen molar-refractivity contribution in [2.75, 3.05) is 5.32 Å². The zero-order valence-electron chi connectivity index (χ0n) is 12.0. The van der Waals surface area contributed by atoms with Crippen molar-refractivity contribution in [2.24, 2.45) is 0 Å². The summed E-state index contributed by atoms with van der Waals surface area (Å²) in [7, 11) is 0. The Hall–Kier alpha value is -2.69. The van der Waals surface area contributed by atoms with Crippen molar-refractivity contribution < 1.29 is 9.59 Å². The Bertz CT molecular complexity index is 641. The van der Waals surface area contributed by atoms with Crippen LogP contribution in [0.4, 0.5) is 5.69 Å². The van der Waals surface area contributed by atoms with Crippen molar-refractivity contribution in [1.82, 2.24) is 10.3 Å². The first kappa shape index (κ1) is 14.7. The van der Waals surface area contributed by atoms with E-state index in [1.165, 1.54) is 6.92 Å². The fourth-order valence-electron chi connectivity index (χ4n) is 1.93. The molecular formula is C16H17N3O2. The Morgan fingerprint density at radius 1 is 1.14 bits per heavy atom. The van der Waals surface area contributed by atoms with Crippen LogP contribution in [0.2, 0.25) is 0 Å². The van der Waals surface area contributed by atoms with Crippen LogP contribution in [0.3, 0.4) is 0 Å². The highest BCUT2D eigenvalue weighted by molar-refractivity contribution is 5.96. The number of aromatic nitrogens is 1. The first-order valence-electron chi connectivity index (χ1n) is 6.65. The molecule has 0 fully saturated rings. The molecule has 21 heavy (non-hydrogen) atoms. The van der Waals surface area contributed by atoms with Gasteiger partial charge in [-0.1, -0.05) is 12.1 Å². The fraction of sp³-hybridized carbons (Fsp3) is 0.188. The quantitative estimate of drug-likeness (QED) is 0.905. The SMILES string of the molecule is CC(=O)Nc1cccc(C(=O)N[C@H](C)c2ccccn2)c1. The van der Waals surface area contributed by atoms with Gasteiger partial charge in [0.15, 0.2) is 0 Å². The highest BCUT2D eigenvalue weighted by Crippen LogP contribution is 2.13. The summed E-state index contributed by atoms with van der Waals surface area (Å²) >= 11 is 0. The van der Waals surface area contributed by atoms with E-state index in [9.17, 15) is 9.59 Å². The van der Waals surface area contributed by atoms with Crippen molar-refractivity contribution >= 4 is 17.5 Å². The Morgan fingerprint density at radius 2 is 1.95 bits per heavy atom. The molecular weight excluding hydrogens is 266 g/mol. The Balaban J connectivity index is 2.08. The van der Waals surface area contributed by atoms with Crippen molar-refractivity contribution in [2.45, 2.75) is 19.9 Å². The zero-order chi connectivity index (χ0) is 15.2. The van der Waals surface area contributed by atoms with Crippen LogP contribution < -0.4 is 10.6 Å². The van der Waals surface area contributed by atoms with Gasteiger partial charge in [-0.05, 0) is 37.3 Å². The zero-order valence-corrected chi connectivity index (χ0v) is 12.0. The van der Waals surface area contributed by atoms with Crippen molar-refractivity contribution in [1.29, 1.82) is 0 Å². The molecule has 1 aromatic carbocycles. The standard InChI is InChI=1S/C16H17N3O2/c1-11(15-8-3-4-9-17-15)18-16(21)13-6-5-7-14(10-13)19-12(2)20/h3-11H,1-2H3,(H,18,21)(H,19,20)/t11-/m1/s1. The third kappa shape index (κ3) is 4.14. The second-order valence-electron chi connectivity index (χ2n) is 4.71. The molecule has 0 bridgehead atoms. The van der Waals surface area contributed by atoms with Gasteiger partial charge in [0, 0.05) is 24.4 Å². The molecule has 0 unspecified atom stereocenters. The minimum atomic E-state index is -0.208. The topological polar surface area (TPSA) is 71.1 Å². The molecule has 2 aromatic rings. The number of anilines is 1. The van der Waals surface area contributed by atoms with Gasteiger partial charge in [0.1, 0.15) is 0 Å². The van der Waals surface area contributed by atoms with Gasteiger partial charge in [0.25, 0.3) is 5.91 Å². The van der Waals surface area contributed by atoms with Crippen LogP contribution in [0.25, 0.3) is 0 Å². The van der Waals surface area contributed by atoms with E-state index in [1.807, 2.05) is 25.1 Å². The van der Waals surface area contributed by atoms with Crippen LogP contribution in [0, 0.1) is 0 Å². The first-order valence-corrected chi connectivity index (χ1v) is 6.65. The molecule has 2 rings (SSSR count). The Morgan fingerprint density at radius 3 is 2.62 bits per heavy atom. The van der Waals surface area contributed by atoms with Gasteiger partial charge >= 0.3 is 0 Å². The third-order valence-corrected chi connectivity index (χ3v) is 2.92. The van der Waals surface area contributed by atoms with E-state index in [1.54, 1.807) is 30.5 Å². The largest absolute Gasteiger partial charge is 0.344 e. The highest BCUT2D eigenvalue weighted by Gasteiger charge is 2.12. The minimum Gasteiger partial charge on any atom is -0.344 e. The summed E-state index contributed by atoms with van der Waals surface area (Å²) < 4.78 is 0. The van der Waals surface area contributed by atoms with Crippen molar-refractivity contribution in [3.8, 4) is 0 Å². The molecule has 5 nitrogen and oxygen atoms in total. The van der Waals surface area contributed by atoms with Gasteiger partial charge in [-0.25, -0.2) is 0 Å². The van der Waals surface area contributed by atoms with E-state index >= 15 is 0 Å². The molecule has 0 aliphatic carbocycles. The summed E-state index contributed by atoms with van der Waals surface area (Å²) in [4.78, 5) is 27.5. The number of carbonyl (C=O) groups excluding carboxylic acids is 2. The van der Waals surface area contributed by atoms with E-state index in [-0.39, 0.29) is 17.9 Å². The van der Waals surface area contributed by atoms with Crippen LogP contribution >= 0.6 is 0 Å². The van der Waals surface area contributed by atoms with Crippen molar-refractivity contribution in [3.05, 3.63) is 59.9 Å². The average molecular weight is 283 g/mol. The number of pyridine rings is 1. The molecule has 0 aliphatic heterocycles. The lowest BCUT2D eigenvalue weighted by molar-refractivity contribution is -0.114. The number of benzene rings is 1. The van der Waals surface area contributed by atoms with Gasteiger partial charge < -0.3 is 10.6 Å². The van der Waals surface area contributed by atoms with E-state index in [4.69, 9.17) is 0 Å². The van der Waals surface area contributed by atoms with Crippen molar-refractivity contribution in [3.63, 3.8) is 0 Å². The Labute approximate surface area is 123 Å². The molecule has 108 valence electrons. The van der Waals surface area contributed by atoms with Gasteiger partial charge in [-0.15, -0.1) is 0 Å². The first-order chi connectivity index (χ1) is 10.1. The van der Waals surface area contributed by atoms with Crippen LogP contribution in [-0.4, -0.2) is 16.8 Å². The maximum absolute atomic E-state index is 12.2. The lowest BCUT2D eigenvalue weighted by atomic mass is 10.1. The van der Waals surface area contributed by atoms with Crippen LogP contribution in [-0.2, 0) is 4.79 Å². The lowest BCUT2D eigenvalue weighted by Crippen LogP contribution is -2.27. The number of hydrogen-bond acceptors (Lipinski definition) is 3. The summed E-state index contributed by atoms with van der Waals surface area (Å²) in [5, 5.41) is 5.53. The lowest BCUT2D eigenvalue weighted by Gasteiger charge is -2.13. The maximum atomic E-state index is 12.2. The number of rotatable bonds is 4. The summed E-state index contributed by atoms with van der Waals surface area (Å²) in [5.41, 5.74) is 1.88. The van der Waals surface area contributed by atoms with Crippen LogP contribution in [0.1, 0.15) is 35.9 Å². The predicted octanol–water partition coefficient (Wildman–Crippen LogP) is 2.53. The molecule has 1 aromatic heterocycles. The minimum absolute atomic E-state index is 0.172. The molecule has 0 saturated heterocycles. The number of amides is 2. The second kappa shape index (κ2) is 6.65. The highest BCUT2D eigenvalue weighted by atomic mass is 16.2. The maximum Gasteiger partial charge on any atom is 0.251 e. The number of nitrogens with zero attached hydrogens (tertiary/aromatic N) is 1. The molecule has 1 atom stereocenters. The second-order valence-corrected chi connectivity index (χ2v) is 4.71.